The first-order chi connectivity index (χ1) is 12.5. The van der Waals surface area contributed by atoms with E-state index < -0.39 is 0 Å². The molecule has 3 amide bonds. The van der Waals surface area contributed by atoms with E-state index in [1.807, 2.05) is 31.2 Å². The van der Waals surface area contributed by atoms with E-state index in [-0.39, 0.29) is 18.0 Å². The molecule has 0 bridgehead atoms. The number of hydrogen-bond donors (Lipinski definition) is 1. The molecule has 1 fully saturated rings. The van der Waals surface area contributed by atoms with E-state index in [1.165, 1.54) is 0 Å². The number of anilines is 1. The number of unbranched alkanes of at least 4 members (excludes halogenated alkanes) is 1. The number of carbonyl (C=O) groups is 2. The number of nitrogens with zero attached hydrogens (tertiary/aromatic N) is 3. The molecule has 3 rings (SSSR count). The molecule has 0 saturated carbocycles. The fourth-order valence-corrected chi connectivity index (χ4v) is 3.44. The van der Waals surface area contributed by atoms with Crippen molar-refractivity contribution >= 4 is 28.5 Å². The molecule has 1 aliphatic rings. The molecule has 1 aromatic carbocycles. The number of fused-ring (bicyclic) bond motifs is 1. The van der Waals surface area contributed by atoms with Crippen molar-refractivity contribution < 1.29 is 9.59 Å². The molecule has 1 atom stereocenters. The average Bonchev–Trinajstić information content (AvgIpc) is 2.65. The maximum Gasteiger partial charge on any atom is 0.322 e. The second-order valence-electron chi connectivity index (χ2n) is 6.87. The predicted octanol–water partition coefficient (Wildman–Crippen LogP) is 3.41. The van der Waals surface area contributed by atoms with Crippen LogP contribution in [0.1, 0.15) is 31.7 Å². The molecule has 138 valence electrons. The van der Waals surface area contributed by atoms with Crippen LogP contribution in [0.3, 0.4) is 0 Å². The highest BCUT2D eigenvalue weighted by atomic mass is 16.2. The highest BCUT2D eigenvalue weighted by molar-refractivity contribution is 6.02. The minimum atomic E-state index is -0.386. The van der Waals surface area contributed by atoms with Crippen molar-refractivity contribution in [3.63, 3.8) is 0 Å². The summed E-state index contributed by atoms with van der Waals surface area (Å²) in [6.45, 7) is 5.20. The Kier molecular flexibility index (Phi) is 5.40. The first-order valence-electron chi connectivity index (χ1n) is 9.20. The summed E-state index contributed by atoms with van der Waals surface area (Å²) >= 11 is 0. The lowest BCUT2D eigenvalue weighted by atomic mass is 10.0. The Balaban J connectivity index is 1.85. The molecule has 1 saturated heterocycles. The molecule has 26 heavy (non-hydrogen) atoms. The molecular weight excluding hydrogens is 328 g/mol. The molecule has 0 spiro atoms. The standard InChI is InChI=1S/C20H26N4O2/c1-4-5-8-17-19(25)23(3)12-13-24(17)20(26)22-16-10-9-14(2)18-15(16)7-6-11-21-18/h6-7,9-11,17H,4-5,8,12-13H2,1-3H3,(H,22,26)/t17-/m0/s1. The first kappa shape index (κ1) is 18.2. The van der Waals surface area contributed by atoms with Gasteiger partial charge < -0.3 is 15.1 Å². The Morgan fingerprint density at radius 3 is 2.88 bits per heavy atom. The minimum absolute atomic E-state index is 0.0234. The molecule has 6 nitrogen and oxygen atoms in total. The number of amides is 3. The monoisotopic (exact) mass is 354 g/mol. The molecule has 1 aromatic heterocycles. The van der Waals surface area contributed by atoms with Gasteiger partial charge >= 0.3 is 6.03 Å². The van der Waals surface area contributed by atoms with Crippen LogP contribution in [0, 0.1) is 6.92 Å². The third-order valence-corrected chi connectivity index (χ3v) is 5.02. The summed E-state index contributed by atoms with van der Waals surface area (Å²) in [7, 11) is 1.80. The number of benzene rings is 1. The van der Waals surface area contributed by atoms with Crippen LogP contribution in [-0.2, 0) is 4.79 Å². The van der Waals surface area contributed by atoms with Crippen LogP contribution in [0.4, 0.5) is 10.5 Å². The molecule has 2 heterocycles. The lowest BCUT2D eigenvalue weighted by molar-refractivity contribution is -0.138. The van der Waals surface area contributed by atoms with Crippen LogP contribution in [-0.4, -0.2) is 52.9 Å². The summed E-state index contributed by atoms with van der Waals surface area (Å²) in [4.78, 5) is 33.3. The number of piperazine rings is 1. The summed E-state index contributed by atoms with van der Waals surface area (Å²) in [6, 6.07) is 7.06. The van der Waals surface area contributed by atoms with Crippen LogP contribution in [0.15, 0.2) is 30.5 Å². The van der Waals surface area contributed by atoms with E-state index in [4.69, 9.17) is 0 Å². The second-order valence-corrected chi connectivity index (χ2v) is 6.87. The summed E-state index contributed by atoms with van der Waals surface area (Å²) < 4.78 is 0. The third kappa shape index (κ3) is 3.49. The van der Waals surface area contributed by atoms with E-state index in [0.29, 0.717) is 19.5 Å². The predicted molar refractivity (Wildman–Crippen MR) is 103 cm³/mol. The first-order valence-corrected chi connectivity index (χ1v) is 9.20. The summed E-state index contributed by atoms with van der Waals surface area (Å²) in [5.41, 5.74) is 2.67. The normalized spacial score (nSPS) is 17.7. The van der Waals surface area contributed by atoms with Crippen LogP contribution in [0.5, 0.6) is 0 Å². The summed E-state index contributed by atoms with van der Waals surface area (Å²) in [5.74, 6) is 0.0234. The molecule has 0 unspecified atom stereocenters. The van der Waals surface area contributed by atoms with E-state index in [2.05, 4.69) is 17.2 Å². The van der Waals surface area contributed by atoms with Gasteiger partial charge in [0, 0.05) is 31.7 Å². The van der Waals surface area contributed by atoms with Crippen LogP contribution in [0.2, 0.25) is 0 Å². The van der Waals surface area contributed by atoms with Crippen LogP contribution < -0.4 is 5.32 Å². The number of pyridine rings is 1. The van der Waals surface area contributed by atoms with Crippen molar-refractivity contribution in [1.82, 2.24) is 14.8 Å². The second kappa shape index (κ2) is 7.72. The van der Waals surface area contributed by atoms with Gasteiger partial charge in [0.25, 0.3) is 0 Å². The zero-order chi connectivity index (χ0) is 18.7. The lowest BCUT2D eigenvalue weighted by Gasteiger charge is -2.39. The molecule has 6 heteroatoms. The Morgan fingerprint density at radius 1 is 1.31 bits per heavy atom. The van der Waals surface area contributed by atoms with E-state index >= 15 is 0 Å². The summed E-state index contributed by atoms with van der Waals surface area (Å²) in [5, 5.41) is 3.91. The lowest BCUT2D eigenvalue weighted by Crippen LogP contribution is -2.58. The Labute approximate surface area is 154 Å². The zero-order valence-electron chi connectivity index (χ0n) is 15.7. The SMILES string of the molecule is CCCC[C@H]1C(=O)N(C)CCN1C(=O)Nc1ccc(C)c2ncccc12. The molecule has 1 aliphatic heterocycles. The largest absolute Gasteiger partial charge is 0.342 e. The smallest absolute Gasteiger partial charge is 0.322 e. The Bertz CT molecular complexity index is 821. The maximum atomic E-state index is 12.9. The van der Waals surface area contributed by atoms with Crippen molar-refractivity contribution in [2.45, 2.75) is 39.2 Å². The fourth-order valence-electron chi connectivity index (χ4n) is 3.44. The number of aryl methyl sites for hydroxylation is 1. The van der Waals surface area contributed by atoms with E-state index in [9.17, 15) is 9.59 Å². The molecule has 2 aromatic rings. The van der Waals surface area contributed by atoms with Crippen molar-refractivity contribution in [3.05, 3.63) is 36.0 Å². The fraction of sp³-hybridized carbons (Fsp3) is 0.450. The maximum absolute atomic E-state index is 12.9. The Hall–Kier alpha value is -2.63. The van der Waals surface area contributed by atoms with E-state index in [0.717, 1.165) is 35.0 Å². The molecule has 1 N–H and O–H groups in total. The number of likely N-dealkylation sites (N-methyl/N-ethyl adjacent to an activating group) is 1. The molecule has 0 aliphatic carbocycles. The van der Waals surface area contributed by atoms with Gasteiger partial charge in [-0.05, 0) is 37.1 Å². The van der Waals surface area contributed by atoms with Crippen molar-refractivity contribution in [3.8, 4) is 0 Å². The van der Waals surface area contributed by atoms with Gasteiger partial charge in [-0.15, -0.1) is 0 Å². The van der Waals surface area contributed by atoms with Crippen molar-refractivity contribution in [2.24, 2.45) is 0 Å². The van der Waals surface area contributed by atoms with Gasteiger partial charge in [0.05, 0.1) is 11.2 Å². The van der Waals surface area contributed by atoms with Gasteiger partial charge in [-0.25, -0.2) is 4.79 Å². The van der Waals surface area contributed by atoms with Gasteiger partial charge in [0.2, 0.25) is 5.91 Å². The topological polar surface area (TPSA) is 65.5 Å². The number of urea groups is 1. The highest BCUT2D eigenvalue weighted by Crippen LogP contribution is 2.26. The van der Waals surface area contributed by atoms with Crippen molar-refractivity contribution in [2.75, 3.05) is 25.5 Å². The number of rotatable bonds is 4. The molecular formula is C20H26N4O2. The number of hydrogen-bond acceptors (Lipinski definition) is 3. The number of aromatic nitrogens is 1. The van der Waals surface area contributed by atoms with Crippen LogP contribution >= 0.6 is 0 Å². The quantitative estimate of drug-likeness (QED) is 0.915. The number of carbonyl (C=O) groups excluding carboxylic acids is 2. The third-order valence-electron chi connectivity index (χ3n) is 5.02. The highest BCUT2D eigenvalue weighted by Gasteiger charge is 2.35. The van der Waals surface area contributed by atoms with Gasteiger partial charge in [-0.1, -0.05) is 25.8 Å². The van der Waals surface area contributed by atoms with Gasteiger partial charge in [-0.2, -0.15) is 0 Å². The number of nitrogens with one attached hydrogen (secondary N) is 1. The molecule has 0 radical (unpaired) electrons. The zero-order valence-corrected chi connectivity index (χ0v) is 15.7. The van der Waals surface area contributed by atoms with Gasteiger partial charge in [0.1, 0.15) is 6.04 Å². The van der Waals surface area contributed by atoms with Crippen molar-refractivity contribution in [1.29, 1.82) is 0 Å². The van der Waals surface area contributed by atoms with Gasteiger partial charge in [-0.3, -0.25) is 9.78 Å². The van der Waals surface area contributed by atoms with Crippen LogP contribution in [0.25, 0.3) is 10.9 Å². The minimum Gasteiger partial charge on any atom is -0.342 e. The van der Waals surface area contributed by atoms with E-state index in [1.54, 1.807) is 23.0 Å². The van der Waals surface area contributed by atoms with Gasteiger partial charge in [0.15, 0.2) is 0 Å². The average molecular weight is 354 g/mol. The Morgan fingerprint density at radius 2 is 2.12 bits per heavy atom. The summed E-state index contributed by atoms with van der Waals surface area (Å²) in [6.07, 6.45) is 4.37.